The van der Waals surface area contributed by atoms with Gasteiger partial charge in [-0.15, -0.1) is 0 Å². The second-order valence-electron chi connectivity index (χ2n) is 9.00. The number of hydrogen-bond acceptors (Lipinski definition) is 5. The molecule has 2 aromatic carbocycles. The molecule has 180 valence electrons. The van der Waals surface area contributed by atoms with Crippen LogP contribution in [0.1, 0.15) is 36.8 Å². The molecule has 1 saturated carbocycles. The Morgan fingerprint density at radius 1 is 1.06 bits per heavy atom. The highest BCUT2D eigenvalue weighted by molar-refractivity contribution is 5.87. The monoisotopic (exact) mass is 466 g/mol. The average Bonchev–Trinajstić information content (AvgIpc) is 3.12. The number of aliphatic carboxylic acids is 1. The number of nitrogens with zero attached hydrogens (tertiary/aromatic N) is 1. The second kappa shape index (κ2) is 9.85. The van der Waals surface area contributed by atoms with E-state index in [4.69, 9.17) is 14.6 Å². The molecule has 8 heteroatoms. The molecule has 0 bridgehead atoms. The Kier molecular flexibility index (Phi) is 6.88. The first-order valence-corrected chi connectivity index (χ1v) is 11.5. The van der Waals surface area contributed by atoms with E-state index in [0.717, 1.165) is 22.3 Å². The van der Waals surface area contributed by atoms with Gasteiger partial charge in [0, 0.05) is 26.1 Å². The third kappa shape index (κ3) is 4.50. The van der Waals surface area contributed by atoms with Crippen LogP contribution in [-0.2, 0) is 19.1 Å². The lowest BCUT2D eigenvalue weighted by Crippen LogP contribution is -2.57. The number of amides is 2. The minimum Gasteiger partial charge on any atom is -0.481 e. The normalized spacial score (nSPS) is 20.3. The van der Waals surface area contributed by atoms with Crippen LogP contribution in [-0.4, -0.2) is 66.9 Å². The van der Waals surface area contributed by atoms with Gasteiger partial charge >= 0.3 is 12.1 Å². The third-order valence-electron chi connectivity index (χ3n) is 7.08. The lowest BCUT2D eigenvalue weighted by molar-refractivity contribution is -0.151. The number of rotatable bonds is 8. The molecule has 8 nitrogen and oxygen atoms in total. The molecule has 2 amide bonds. The zero-order valence-electron chi connectivity index (χ0n) is 19.6. The fourth-order valence-electron chi connectivity index (χ4n) is 4.79. The SMILES string of the molecule is CO[C@H](C)[C@H](NC(=O)OCC1c2ccccc2-c2ccccc21)C(=O)N(C)C1CC(C(=O)O)C1. The summed E-state index contributed by atoms with van der Waals surface area (Å²) in [6.07, 6.45) is -0.493. The van der Waals surface area contributed by atoms with E-state index in [9.17, 15) is 14.4 Å². The Bertz CT molecular complexity index is 1030. The number of carboxylic acids is 1. The minimum atomic E-state index is -0.950. The molecule has 0 saturated heterocycles. The summed E-state index contributed by atoms with van der Waals surface area (Å²) in [5, 5.41) is 11.8. The van der Waals surface area contributed by atoms with Crippen molar-refractivity contribution in [1.29, 1.82) is 0 Å². The van der Waals surface area contributed by atoms with Crippen LogP contribution in [0, 0.1) is 5.92 Å². The van der Waals surface area contributed by atoms with Gasteiger partial charge in [-0.1, -0.05) is 48.5 Å². The quantitative estimate of drug-likeness (QED) is 0.619. The number of carboxylic acid groups (broad SMARTS) is 1. The van der Waals surface area contributed by atoms with Gasteiger partial charge in [0.1, 0.15) is 12.6 Å². The first kappa shape index (κ1) is 23.8. The van der Waals surface area contributed by atoms with E-state index in [1.54, 1.807) is 14.0 Å². The van der Waals surface area contributed by atoms with Gasteiger partial charge in [0.2, 0.25) is 5.91 Å². The molecule has 1 fully saturated rings. The van der Waals surface area contributed by atoms with Crippen molar-refractivity contribution in [3.05, 3.63) is 59.7 Å². The predicted octanol–water partition coefficient (Wildman–Crippen LogP) is 3.25. The van der Waals surface area contributed by atoms with E-state index in [0.29, 0.717) is 12.8 Å². The second-order valence-corrected chi connectivity index (χ2v) is 9.00. The molecule has 4 rings (SSSR count). The first-order chi connectivity index (χ1) is 16.3. The van der Waals surface area contributed by atoms with Crippen LogP contribution in [0.2, 0.25) is 0 Å². The highest BCUT2D eigenvalue weighted by Crippen LogP contribution is 2.44. The van der Waals surface area contributed by atoms with E-state index in [2.05, 4.69) is 17.4 Å². The minimum absolute atomic E-state index is 0.0854. The van der Waals surface area contributed by atoms with Crippen molar-refractivity contribution in [2.45, 2.75) is 43.9 Å². The zero-order chi connectivity index (χ0) is 24.4. The third-order valence-corrected chi connectivity index (χ3v) is 7.08. The standard InChI is InChI=1S/C26H30N2O6/c1-15(33-3)23(24(29)28(2)17-12-16(13-17)25(30)31)27-26(32)34-14-22-20-10-6-4-8-18(20)19-9-5-7-11-21(19)22/h4-11,15-17,22-23H,12-14H2,1-3H3,(H,27,32)(H,30,31)/t15-,16?,17?,23+/m1/s1. The number of hydrogen-bond donors (Lipinski definition) is 2. The average molecular weight is 467 g/mol. The van der Waals surface area contributed by atoms with Gasteiger partial charge < -0.3 is 24.8 Å². The maximum Gasteiger partial charge on any atom is 0.407 e. The molecule has 0 radical (unpaired) electrons. The van der Waals surface area contributed by atoms with Crippen molar-refractivity contribution in [3.8, 4) is 11.1 Å². The summed E-state index contributed by atoms with van der Waals surface area (Å²) in [4.78, 5) is 38.4. The number of nitrogens with one attached hydrogen (secondary N) is 1. The number of ether oxygens (including phenoxy) is 2. The number of carbonyl (C=O) groups excluding carboxylic acids is 2. The van der Waals surface area contributed by atoms with E-state index in [1.165, 1.54) is 12.0 Å². The van der Waals surface area contributed by atoms with Crippen LogP contribution in [0.5, 0.6) is 0 Å². The Labute approximate surface area is 198 Å². The number of alkyl carbamates (subject to hydrolysis) is 1. The molecule has 0 unspecified atom stereocenters. The Morgan fingerprint density at radius 2 is 1.62 bits per heavy atom. The molecule has 0 spiro atoms. The van der Waals surface area contributed by atoms with Crippen LogP contribution in [0.4, 0.5) is 4.79 Å². The van der Waals surface area contributed by atoms with Gasteiger partial charge in [-0.05, 0) is 42.0 Å². The highest BCUT2D eigenvalue weighted by Gasteiger charge is 2.41. The molecule has 2 N–H and O–H groups in total. The van der Waals surface area contributed by atoms with Crippen molar-refractivity contribution < 1.29 is 29.0 Å². The van der Waals surface area contributed by atoms with Crippen LogP contribution < -0.4 is 5.32 Å². The van der Waals surface area contributed by atoms with Crippen LogP contribution in [0.3, 0.4) is 0 Å². The Morgan fingerprint density at radius 3 is 2.15 bits per heavy atom. The Balaban J connectivity index is 1.40. The van der Waals surface area contributed by atoms with Gasteiger partial charge in [0.05, 0.1) is 12.0 Å². The van der Waals surface area contributed by atoms with Gasteiger partial charge in [0.25, 0.3) is 0 Å². The van der Waals surface area contributed by atoms with Crippen LogP contribution >= 0.6 is 0 Å². The van der Waals surface area contributed by atoms with Crippen molar-refractivity contribution in [2.75, 3.05) is 20.8 Å². The summed E-state index contributed by atoms with van der Waals surface area (Å²) in [6, 6.07) is 15.0. The summed E-state index contributed by atoms with van der Waals surface area (Å²) in [7, 11) is 3.09. The first-order valence-electron chi connectivity index (χ1n) is 11.5. The maximum atomic E-state index is 13.1. The van der Waals surface area contributed by atoms with Crippen LogP contribution in [0.15, 0.2) is 48.5 Å². The molecule has 2 aliphatic rings. The largest absolute Gasteiger partial charge is 0.481 e. The van der Waals surface area contributed by atoms with E-state index < -0.39 is 30.1 Å². The highest BCUT2D eigenvalue weighted by atomic mass is 16.5. The van der Waals surface area contributed by atoms with Gasteiger partial charge in [-0.2, -0.15) is 0 Å². The maximum absolute atomic E-state index is 13.1. The lowest BCUT2D eigenvalue weighted by Gasteiger charge is -2.41. The molecule has 0 aromatic heterocycles. The van der Waals surface area contributed by atoms with E-state index >= 15 is 0 Å². The summed E-state index contributed by atoms with van der Waals surface area (Å²) >= 11 is 0. The molecule has 2 aromatic rings. The van der Waals surface area contributed by atoms with Crippen molar-refractivity contribution in [1.82, 2.24) is 10.2 Å². The zero-order valence-corrected chi connectivity index (χ0v) is 19.6. The fraction of sp³-hybridized carbons (Fsp3) is 0.423. The number of likely N-dealkylation sites (N-methyl/N-ethyl adjacent to an activating group) is 1. The van der Waals surface area contributed by atoms with Crippen molar-refractivity contribution >= 4 is 18.0 Å². The molecule has 0 aliphatic heterocycles. The molecule has 34 heavy (non-hydrogen) atoms. The van der Waals surface area contributed by atoms with Crippen molar-refractivity contribution in [3.63, 3.8) is 0 Å². The summed E-state index contributed by atoms with van der Waals surface area (Å²) in [5.74, 6) is -1.71. The molecular weight excluding hydrogens is 436 g/mol. The van der Waals surface area contributed by atoms with Crippen molar-refractivity contribution in [2.24, 2.45) is 5.92 Å². The van der Waals surface area contributed by atoms with Crippen LogP contribution in [0.25, 0.3) is 11.1 Å². The number of fused-ring (bicyclic) bond motifs is 3. The van der Waals surface area contributed by atoms with E-state index in [-0.39, 0.29) is 24.5 Å². The number of benzene rings is 2. The number of carbonyl (C=O) groups is 3. The van der Waals surface area contributed by atoms with E-state index in [1.807, 2.05) is 36.4 Å². The smallest absolute Gasteiger partial charge is 0.407 e. The summed E-state index contributed by atoms with van der Waals surface area (Å²) in [5.41, 5.74) is 4.48. The summed E-state index contributed by atoms with van der Waals surface area (Å²) < 4.78 is 10.9. The predicted molar refractivity (Wildman–Crippen MR) is 125 cm³/mol. The fourth-order valence-corrected chi connectivity index (χ4v) is 4.79. The number of methoxy groups -OCH3 is 1. The molecule has 0 heterocycles. The molecule has 2 atom stereocenters. The van der Waals surface area contributed by atoms with Gasteiger partial charge in [0.15, 0.2) is 0 Å². The lowest BCUT2D eigenvalue weighted by atomic mass is 9.79. The topological polar surface area (TPSA) is 105 Å². The van der Waals surface area contributed by atoms with Gasteiger partial charge in [-0.3, -0.25) is 9.59 Å². The summed E-state index contributed by atoms with van der Waals surface area (Å²) in [6.45, 7) is 1.84. The molecule has 2 aliphatic carbocycles. The van der Waals surface area contributed by atoms with Gasteiger partial charge in [-0.25, -0.2) is 4.79 Å². The molecular formula is C26H30N2O6. The Hall–Kier alpha value is -3.39.